The number of nitrogens with one attached hydrogen (secondary N) is 1. The summed E-state index contributed by atoms with van der Waals surface area (Å²) in [6.45, 7) is 5.84. The zero-order chi connectivity index (χ0) is 11.8. The molecule has 1 atom stereocenters. The molecule has 1 heterocycles. The minimum atomic E-state index is 0.0972. The highest BCUT2D eigenvalue weighted by atomic mass is 16.5. The number of anilines is 1. The first-order valence-corrected chi connectivity index (χ1v) is 5.59. The van der Waals surface area contributed by atoms with Crippen LogP contribution in [-0.2, 0) is 16.1 Å². The number of hydrogen-bond donors (Lipinski definition) is 1. The zero-order valence-corrected chi connectivity index (χ0v) is 10.2. The van der Waals surface area contributed by atoms with Gasteiger partial charge < -0.3 is 14.8 Å². The summed E-state index contributed by atoms with van der Waals surface area (Å²) in [6, 6.07) is 5.84. The van der Waals surface area contributed by atoms with Gasteiger partial charge in [-0.15, -0.1) is 0 Å². The normalized spacial score (nSPS) is 12.4. The third kappa shape index (κ3) is 4.59. The molecular formula is C12H20N2O2. The van der Waals surface area contributed by atoms with Crippen molar-refractivity contribution in [2.45, 2.75) is 26.6 Å². The van der Waals surface area contributed by atoms with Crippen LogP contribution in [0.4, 0.5) is 5.82 Å². The van der Waals surface area contributed by atoms with Crippen LogP contribution in [0.15, 0.2) is 18.2 Å². The molecule has 0 spiro atoms. The molecule has 0 bridgehead atoms. The fourth-order valence-corrected chi connectivity index (χ4v) is 1.26. The van der Waals surface area contributed by atoms with Gasteiger partial charge >= 0.3 is 0 Å². The second-order valence-electron chi connectivity index (χ2n) is 3.55. The standard InChI is InChI=1S/C12H20N2O2/c1-4-15-8-10(2)16-9-11-6-5-7-12(13-3)14-11/h5-7,10H,4,8-9H2,1-3H3,(H,13,14). The lowest BCUT2D eigenvalue weighted by molar-refractivity contribution is -0.0127. The lowest BCUT2D eigenvalue weighted by atomic mass is 10.3. The molecule has 0 aliphatic rings. The average Bonchev–Trinajstić information content (AvgIpc) is 2.34. The third-order valence-electron chi connectivity index (χ3n) is 2.14. The topological polar surface area (TPSA) is 43.4 Å². The fraction of sp³-hybridized carbons (Fsp3) is 0.583. The van der Waals surface area contributed by atoms with Gasteiger partial charge in [0.2, 0.25) is 0 Å². The van der Waals surface area contributed by atoms with E-state index in [1.165, 1.54) is 0 Å². The van der Waals surface area contributed by atoms with Gasteiger partial charge in [-0.1, -0.05) is 6.07 Å². The quantitative estimate of drug-likeness (QED) is 0.770. The van der Waals surface area contributed by atoms with Crippen LogP contribution in [0.1, 0.15) is 19.5 Å². The van der Waals surface area contributed by atoms with Gasteiger partial charge in [0, 0.05) is 13.7 Å². The summed E-state index contributed by atoms with van der Waals surface area (Å²) in [4.78, 5) is 4.37. The summed E-state index contributed by atoms with van der Waals surface area (Å²) in [5.74, 6) is 0.860. The molecule has 0 saturated carbocycles. The molecule has 0 aromatic carbocycles. The molecule has 16 heavy (non-hydrogen) atoms. The van der Waals surface area contributed by atoms with Gasteiger partial charge in [-0.25, -0.2) is 4.98 Å². The third-order valence-corrected chi connectivity index (χ3v) is 2.14. The van der Waals surface area contributed by atoms with Crippen LogP contribution >= 0.6 is 0 Å². The second-order valence-corrected chi connectivity index (χ2v) is 3.55. The molecular weight excluding hydrogens is 204 g/mol. The summed E-state index contributed by atoms with van der Waals surface area (Å²) < 4.78 is 10.9. The van der Waals surface area contributed by atoms with E-state index in [1.54, 1.807) is 0 Å². The average molecular weight is 224 g/mol. The van der Waals surface area contributed by atoms with Gasteiger partial charge in [0.1, 0.15) is 5.82 Å². The van der Waals surface area contributed by atoms with E-state index in [-0.39, 0.29) is 6.10 Å². The minimum Gasteiger partial charge on any atom is -0.379 e. The van der Waals surface area contributed by atoms with Gasteiger partial charge in [-0.3, -0.25) is 0 Å². The Bertz CT molecular complexity index is 305. The van der Waals surface area contributed by atoms with Crippen LogP contribution in [0.25, 0.3) is 0 Å². The Morgan fingerprint density at radius 2 is 2.25 bits per heavy atom. The molecule has 1 aromatic heterocycles. The van der Waals surface area contributed by atoms with Crippen molar-refractivity contribution >= 4 is 5.82 Å². The molecule has 1 rings (SSSR count). The van der Waals surface area contributed by atoms with E-state index in [0.29, 0.717) is 13.2 Å². The maximum Gasteiger partial charge on any atom is 0.126 e. The SMILES string of the molecule is CCOCC(C)OCc1cccc(NC)n1. The van der Waals surface area contributed by atoms with Gasteiger partial charge in [0.15, 0.2) is 0 Å². The summed E-state index contributed by atoms with van der Waals surface area (Å²) >= 11 is 0. The van der Waals surface area contributed by atoms with E-state index in [2.05, 4.69) is 10.3 Å². The lowest BCUT2D eigenvalue weighted by Gasteiger charge is -2.12. The Hall–Kier alpha value is -1.13. The summed E-state index contributed by atoms with van der Waals surface area (Å²) in [5, 5.41) is 3.00. The largest absolute Gasteiger partial charge is 0.379 e. The molecule has 1 aromatic rings. The molecule has 0 saturated heterocycles. The zero-order valence-electron chi connectivity index (χ0n) is 10.2. The van der Waals surface area contributed by atoms with Crippen LogP contribution in [0.3, 0.4) is 0 Å². The molecule has 90 valence electrons. The van der Waals surface area contributed by atoms with E-state index in [9.17, 15) is 0 Å². The van der Waals surface area contributed by atoms with E-state index >= 15 is 0 Å². The van der Waals surface area contributed by atoms with Crippen LogP contribution in [0, 0.1) is 0 Å². The number of pyridine rings is 1. The van der Waals surface area contributed by atoms with Crippen molar-refractivity contribution in [3.63, 3.8) is 0 Å². The monoisotopic (exact) mass is 224 g/mol. The number of ether oxygens (including phenoxy) is 2. The minimum absolute atomic E-state index is 0.0972. The Morgan fingerprint density at radius 1 is 1.44 bits per heavy atom. The van der Waals surface area contributed by atoms with Crippen molar-refractivity contribution in [1.29, 1.82) is 0 Å². The lowest BCUT2D eigenvalue weighted by Crippen LogP contribution is -2.16. The smallest absolute Gasteiger partial charge is 0.126 e. The van der Waals surface area contributed by atoms with E-state index in [4.69, 9.17) is 9.47 Å². The molecule has 0 radical (unpaired) electrons. The molecule has 0 amide bonds. The number of aromatic nitrogens is 1. The maximum atomic E-state index is 5.61. The van der Waals surface area contributed by atoms with E-state index in [0.717, 1.165) is 18.1 Å². The summed E-state index contributed by atoms with van der Waals surface area (Å²) in [7, 11) is 1.85. The van der Waals surface area contributed by atoms with E-state index < -0.39 is 0 Å². The highest BCUT2D eigenvalue weighted by Crippen LogP contribution is 2.06. The van der Waals surface area contributed by atoms with Crippen molar-refractivity contribution < 1.29 is 9.47 Å². The Morgan fingerprint density at radius 3 is 2.94 bits per heavy atom. The molecule has 1 N–H and O–H groups in total. The van der Waals surface area contributed by atoms with Crippen molar-refractivity contribution in [2.75, 3.05) is 25.6 Å². The number of rotatable bonds is 7. The molecule has 1 unspecified atom stereocenters. The van der Waals surface area contributed by atoms with E-state index in [1.807, 2.05) is 39.1 Å². The Labute approximate surface area is 97.0 Å². The highest BCUT2D eigenvalue weighted by molar-refractivity contribution is 5.33. The van der Waals surface area contributed by atoms with Crippen molar-refractivity contribution in [1.82, 2.24) is 4.98 Å². The predicted molar refractivity (Wildman–Crippen MR) is 64.5 cm³/mol. The molecule has 0 aliphatic carbocycles. The first-order chi connectivity index (χ1) is 7.76. The summed E-state index contributed by atoms with van der Waals surface area (Å²) in [6.07, 6.45) is 0.0972. The molecule has 0 aliphatic heterocycles. The van der Waals surface area contributed by atoms with Crippen molar-refractivity contribution in [2.24, 2.45) is 0 Å². The Balaban J connectivity index is 2.35. The maximum absolute atomic E-state index is 5.61. The van der Waals surface area contributed by atoms with Gasteiger partial charge in [-0.2, -0.15) is 0 Å². The first-order valence-electron chi connectivity index (χ1n) is 5.59. The number of nitrogens with zero attached hydrogens (tertiary/aromatic N) is 1. The van der Waals surface area contributed by atoms with Gasteiger partial charge in [-0.05, 0) is 26.0 Å². The molecule has 4 heteroatoms. The van der Waals surface area contributed by atoms with Crippen LogP contribution in [0.5, 0.6) is 0 Å². The van der Waals surface area contributed by atoms with Crippen molar-refractivity contribution in [3.05, 3.63) is 23.9 Å². The first kappa shape index (κ1) is 12.9. The second kappa shape index (κ2) is 7.19. The molecule has 0 fully saturated rings. The van der Waals surface area contributed by atoms with Gasteiger partial charge in [0.05, 0.1) is 25.0 Å². The predicted octanol–water partition coefficient (Wildman–Crippen LogP) is 2.06. The number of hydrogen-bond acceptors (Lipinski definition) is 4. The van der Waals surface area contributed by atoms with Gasteiger partial charge in [0.25, 0.3) is 0 Å². The summed E-state index contributed by atoms with van der Waals surface area (Å²) in [5.41, 5.74) is 0.926. The fourth-order valence-electron chi connectivity index (χ4n) is 1.26. The van der Waals surface area contributed by atoms with Crippen LogP contribution in [-0.4, -0.2) is 31.3 Å². The van der Waals surface area contributed by atoms with Crippen LogP contribution in [0.2, 0.25) is 0 Å². The van der Waals surface area contributed by atoms with Crippen LogP contribution < -0.4 is 5.32 Å². The molecule has 4 nitrogen and oxygen atoms in total. The Kier molecular flexibility index (Phi) is 5.82. The highest BCUT2D eigenvalue weighted by Gasteiger charge is 2.03. The van der Waals surface area contributed by atoms with Crippen molar-refractivity contribution in [3.8, 4) is 0 Å².